The maximum atomic E-state index is 12.0. The summed E-state index contributed by atoms with van der Waals surface area (Å²) in [5.74, 6) is 1.71. The van der Waals surface area contributed by atoms with Crippen molar-refractivity contribution >= 4 is 11.6 Å². The molecule has 0 aliphatic carbocycles. The fourth-order valence-corrected chi connectivity index (χ4v) is 3.97. The van der Waals surface area contributed by atoms with E-state index in [4.69, 9.17) is 10.5 Å². The Morgan fingerprint density at radius 1 is 0.871 bits per heavy atom. The van der Waals surface area contributed by atoms with Crippen molar-refractivity contribution in [3.8, 4) is 5.75 Å². The lowest BCUT2D eigenvalue weighted by molar-refractivity contribution is -0.118. The number of unbranched alkanes of at least 4 members (excludes halogenated alkanes) is 11. The Balaban J connectivity index is 1.31. The van der Waals surface area contributed by atoms with Crippen molar-refractivity contribution in [2.24, 2.45) is 0 Å². The number of nitrogens with zero attached hydrogens (tertiary/aromatic N) is 1. The number of carbonyl (C=O) groups is 1. The van der Waals surface area contributed by atoms with Gasteiger partial charge >= 0.3 is 0 Å². The lowest BCUT2D eigenvalue weighted by atomic mass is 10.0. The quantitative estimate of drug-likeness (QED) is 0.269. The molecule has 2 aromatic rings. The minimum absolute atomic E-state index is 0.261. The molecule has 0 radical (unpaired) electrons. The van der Waals surface area contributed by atoms with Crippen molar-refractivity contribution in [3.63, 3.8) is 0 Å². The zero-order chi connectivity index (χ0) is 22.2. The molecule has 0 aliphatic rings. The van der Waals surface area contributed by atoms with Crippen LogP contribution in [-0.4, -0.2) is 23.1 Å². The fourth-order valence-electron chi connectivity index (χ4n) is 3.97. The van der Waals surface area contributed by atoms with Crippen molar-refractivity contribution < 1.29 is 9.53 Å². The molecule has 0 spiro atoms. The van der Waals surface area contributed by atoms with Crippen LogP contribution in [0.15, 0.2) is 30.5 Å². The number of ketones is 1. The van der Waals surface area contributed by atoms with Gasteiger partial charge in [0, 0.05) is 18.4 Å². The molecule has 5 heteroatoms. The number of carbonyl (C=O) groups excluding carboxylic acids is 1. The molecule has 0 fully saturated rings. The van der Waals surface area contributed by atoms with E-state index in [2.05, 4.69) is 22.3 Å². The summed E-state index contributed by atoms with van der Waals surface area (Å²) < 4.78 is 5.20. The predicted molar refractivity (Wildman–Crippen MR) is 128 cm³/mol. The third-order valence-corrected chi connectivity index (χ3v) is 5.97. The van der Waals surface area contributed by atoms with Crippen molar-refractivity contribution in [2.45, 2.75) is 96.3 Å². The molecule has 1 heterocycles. The molecule has 31 heavy (non-hydrogen) atoms. The van der Waals surface area contributed by atoms with Gasteiger partial charge in [-0.15, -0.1) is 0 Å². The highest BCUT2D eigenvalue weighted by Crippen LogP contribution is 2.16. The first-order chi connectivity index (χ1) is 15.2. The monoisotopic (exact) mass is 427 g/mol. The average Bonchev–Trinajstić information content (AvgIpc) is 3.18. The Labute approximate surface area is 188 Å². The van der Waals surface area contributed by atoms with Gasteiger partial charge in [0.1, 0.15) is 17.4 Å². The lowest BCUT2D eigenvalue weighted by Crippen LogP contribution is -2.03. The van der Waals surface area contributed by atoms with Crippen LogP contribution in [-0.2, 0) is 17.6 Å². The van der Waals surface area contributed by atoms with Crippen LogP contribution in [0, 0.1) is 0 Å². The SMILES string of the molecule is COc1ccc(CCCCCCCCCCCCCCC(=O)Cc2cn[nH]c2N)cc1. The minimum atomic E-state index is 0.261. The Hall–Kier alpha value is -2.30. The van der Waals surface area contributed by atoms with E-state index < -0.39 is 0 Å². The smallest absolute Gasteiger partial charge is 0.137 e. The lowest BCUT2D eigenvalue weighted by Gasteiger charge is -2.05. The highest BCUT2D eigenvalue weighted by Gasteiger charge is 2.07. The van der Waals surface area contributed by atoms with Gasteiger partial charge in [0.2, 0.25) is 0 Å². The number of benzene rings is 1. The number of methoxy groups -OCH3 is 1. The predicted octanol–water partition coefficient (Wildman–Crippen LogP) is 6.43. The Bertz CT molecular complexity index is 725. The van der Waals surface area contributed by atoms with Crippen LogP contribution in [0.25, 0.3) is 0 Å². The number of hydrogen-bond donors (Lipinski definition) is 2. The Morgan fingerprint density at radius 3 is 1.94 bits per heavy atom. The molecule has 1 aromatic heterocycles. The van der Waals surface area contributed by atoms with E-state index >= 15 is 0 Å². The van der Waals surface area contributed by atoms with Gasteiger partial charge in [0.25, 0.3) is 0 Å². The number of aromatic nitrogens is 2. The van der Waals surface area contributed by atoms with E-state index in [0.29, 0.717) is 18.7 Å². The van der Waals surface area contributed by atoms with Crippen LogP contribution in [0.5, 0.6) is 5.75 Å². The molecule has 0 bridgehead atoms. The Morgan fingerprint density at radius 2 is 1.42 bits per heavy atom. The molecule has 172 valence electrons. The molecule has 0 aliphatic heterocycles. The van der Waals surface area contributed by atoms with Gasteiger partial charge in [-0.3, -0.25) is 9.89 Å². The van der Waals surface area contributed by atoms with E-state index in [1.165, 1.54) is 76.2 Å². The number of rotatable bonds is 18. The van der Waals surface area contributed by atoms with E-state index in [0.717, 1.165) is 24.2 Å². The zero-order valence-corrected chi connectivity index (χ0v) is 19.3. The number of anilines is 1. The van der Waals surface area contributed by atoms with Crippen molar-refractivity contribution in [3.05, 3.63) is 41.6 Å². The third-order valence-electron chi connectivity index (χ3n) is 5.97. The summed E-state index contributed by atoms with van der Waals surface area (Å²) in [5.41, 5.74) is 7.95. The van der Waals surface area contributed by atoms with Crippen LogP contribution in [0.3, 0.4) is 0 Å². The van der Waals surface area contributed by atoms with E-state index in [1.54, 1.807) is 13.3 Å². The molecule has 0 saturated carbocycles. The molecule has 0 amide bonds. The summed E-state index contributed by atoms with van der Waals surface area (Å²) in [5, 5.41) is 6.53. The molecule has 2 rings (SSSR count). The molecular formula is C26H41N3O2. The Kier molecular flexibility index (Phi) is 12.5. The number of hydrogen-bond acceptors (Lipinski definition) is 4. The molecule has 3 N–H and O–H groups in total. The minimum Gasteiger partial charge on any atom is -0.497 e. The van der Waals surface area contributed by atoms with Gasteiger partial charge in [0.15, 0.2) is 0 Å². The molecule has 1 aromatic carbocycles. The van der Waals surface area contributed by atoms with Gasteiger partial charge in [-0.2, -0.15) is 5.10 Å². The number of nitrogens with one attached hydrogen (secondary N) is 1. The second-order valence-electron chi connectivity index (χ2n) is 8.62. The second-order valence-corrected chi connectivity index (χ2v) is 8.62. The maximum absolute atomic E-state index is 12.0. The number of H-pyrrole nitrogens is 1. The summed E-state index contributed by atoms with van der Waals surface area (Å²) in [6.07, 6.45) is 19.3. The van der Waals surface area contributed by atoms with E-state index in [-0.39, 0.29) is 5.78 Å². The van der Waals surface area contributed by atoms with Crippen LogP contribution < -0.4 is 10.5 Å². The van der Waals surface area contributed by atoms with Crippen molar-refractivity contribution in [1.29, 1.82) is 0 Å². The van der Waals surface area contributed by atoms with E-state index in [9.17, 15) is 4.79 Å². The number of nitrogen functional groups attached to an aromatic ring is 1. The summed E-state index contributed by atoms with van der Waals surface area (Å²) in [7, 11) is 1.71. The van der Waals surface area contributed by atoms with E-state index in [1.807, 2.05) is 12.1 Å². The fraction of sp³-hybridized carbons (Fsp3) is 0.615. The topological polar surface area (TPSA) is 81.0 Å². The number of ether oxygens (including phenoxy) is 1. The summed E-state index contributed by atoms with van der Waals surface area (Å²) >= 11 is 0. The van der Waals surface area contributed by atoms with Gasteiger partial charge in [-0.25, -0.2) is 0 Å². The molecule has 0 unspecified atom stereocenters. The summed E-state index contributed by atoms with van der Waals surface area (Å²) in [4.78, 5) is 12.0. The second kappa shape index (κ2) is 15.5. The number of aryl methyl sites for hydroxylation is 1. The summed E-state index contributed by atoms with van der Waals surface area (Å²) in [6.45, 7) is 0. The van der Waals surface area contributed by atoms with Crippen molar-refractivity contribution in [1.82, 2.24) is 10.2 Å². The first-order valence-electron chi connectivity index (χ1n) is 12.1. The van der Waals surface area contributed by atoms with Crippen LogP contribution in [0.4, 0.5) is 5.82 Å². The zero-order valence-electron chi connectivity index (χ0n) is 19.3. The first kappa shape index (κ1) is 25.0. The first-order valence-corrected chi connectivity index (χ1v) is 12.1. The number of Topliss-reactive ketones (excluding diaryl/α,β-unsaturated/α-hetero) is 1. The normalized spacial score (nSPS) is 11.0. The van der Waals surface area contributed by atoms with Gasteiger partial charge in [0.05, 0.1) is 13.3 Å². The largest absolute Gasteiger partial charge is 0.497 e. The van der Waals surface area contributed by atoms with Gasteiger partial charge in [-0.1, -0.05) is 76.3 Å². The molecule has 0 atom stereocenters. The molecule has 0 saturated heterocycles. The highest BCUT2D eigenvalue weighted by molar-refractivity contribution is 5.81. The van der Waals surface area contributed by atoms with Gasteiger partial charge in [-0.05, 0) is 37.0 Å². The average molecular weight is 428 g/mol. The standard InChI is InChI=1S/C26H41N3O2/c1-31-25-18-16-22(17-19-25)14-12-10-8-6-4-2-3-5-7-9-11-13-15-24(30)20-23-21-28-29-26(23)27/h16-19,21H,2-15,20H2,1H3,(H3,27,28,29). The number of nitrogens with two attached hydrogens (primary N) is 1. The van der Waals surface area contributed by atoms with Crippen LogP contribution in [0.1, 0.15) is 94.6 Å². The maximum Gasteiger partial charge on any atom is 0.137 e. The highest BCUT2D eigenvalue weighted by atomic mass is 16.5. The summed E-state index contributed by atoms with van der Waals surface area (Å²) in [6, 6.07) is 8.45. The number of aromatic amines is 1. The molecular weight excluding hydrogens is 386 g/mol. The third kappa shape index (κ3) is 11.0. The van der Waals surface area contributed by atoms with Gasteiger partial charge < -0.3 is 10.5 Å². The van der Waals surface area contributed by atoms with Crippen LogP contribution >= 0.6 is 0 Å². The van der Waals surface area contributed by atoms with Crippen LogP contribution in [0.2, 0.25) is 0 Å². The van der Waals surface area contributed by atoms with Crippen molar-refractivity contribution in [2.75, 3.05) is 12.8 Å². The molecule has 5 nitrogen and oxygen atoms in total.